The highest BCUT2D eigenvalue weighted by Crippen LogP contribution is 2.15. The predicted molar refractivity (Wildman–Crippen MR) is 93.1 cm³/mol. The summed E-state index contributed by atoms with van der Waals surface area (Å²) < 4.78 is 5.71. The quantitative estimate of drug-likeness (QED) is 0.769. The van der Waals surface area contributed by atoms with Gasteiger partial charge in [0.05, 0.1) is 6.42 Å². The van der Waals surface area contributed by atoms with Gasteiger partial charge in [-0.25, -0.2) is 4.79 Å². The number of ether oxygens (including phenoxy) is 1. The number of amides is 1. The van der Waals surface area contributed by atoms with Gasteiger partial charge in [-0.2, -0.15) is 0 Å². The van der Waals surface area contributed by atoms with Crippen molar-refractivity contribution in [2.24, 2.45) is 5.92 Å². The van der Waals surface area contributed by atoms with E-state index in [1.165, 1.54) is 0 Å². The second-order valence-corrected chi connectivity index (χ2v) is 6.10. The zero-order valence-corrected chi connectivity index (χ0v) is 14.3. The molecular formula is C19H22N2O4. The van der Waals surface area contributed by atoms with Crippen LogP contribution in [0.25, 0.3) is 0 Å². The van der Waals surface area contributed by atoms with Crippen molar-refractivity contribution in [1.82, 2.24) is 10.3 Å². The molecule has 25 heavy (non-hydrogen) atoms. The summed E-state index contributed by atoms with van der Waals surface area (Å²) in [6.45, 7) is 3.90. The molecule has 1 aromatic carbocycles. The number of aromatic nitrogens is 1. The second kappa shape index (κ2) is 8.82. The molecule has 0 bridgehead atoms. The summed E-state index contributed by atoms with van der Waals surface area (Å²) in [4.78, 5) is 27.3. The van der Waals surface area contributed by atoms with E-state index in [9.17, 15) is 9.59 Å². The summed E-state index contributed by atoms with van der Waals surface area (Å²) in [5, 5.41) is 11.7. The molecule has 132 valence electrons. The van der Waals surface area contributed by atoms with Crippen molar-refractivity contribution in [3.8, 4) is 5.75 Å². The Morgan fingerprint density at radius 2 is 1.96 bits per heavy atom. The van der Waals surface area contributed by atoms with Gasteiger partial charge in [0.1, 0.15) is 18.4 Å². The lowest BCUT2D eigenvalue weighted by Gasteiger charge is -2.18. The molecule has 0 spiro atoms. The van der Waals surface area contributed by atoms with E-state index in [0.717, 1.165) is 11.1 Å². The molecule has 0 aliphatic heterocycles. The second-order valence-electron chi connectivity index (χ2n) is 6.10. The molecule has 0 aliphatic carbocycles. The zero-order chi connectivity index (χ0) is 18.2. The van der Waals surface area contributed by atoms with Gasteiger partial charge in [-0.1, -0.05) is 32.0 Å². The summed E-state index contributed by atoms with van der Waals surface area (Å²) >= 11 is 0. The number of hydrogen-bond acceptors (Lipinski definition) is 4. The van der Waals surface area contributed by atoms with Crippen molar-refractivity contribution in [2.75, 3.05) is 0 Å². The Morgan fingerprint density at radius 1 is 1.20 bits per heavy atom. The summed E-state index contributed by atoms with van der Waals surface area (Å²) in [5.74, 6) is -0.897. The molecule has 1 aromatic heterocycles. The third-order valence-corrected chi connectivity index (χ3v) is 3.64. The number of rotatable bonds is 8. The van der Waals surface area contributed by atoms with E-state index in [4.69, 9.17) is 9.84 Å². The number of hydrogen-bond donors (Lipinski definition) is 2. The number of nitrogens with zero attached hydrogens (tertiary/aromatic N) is 1. The Labute approximate surface area is 146 Å². The van der Waals surface area contributed by atoms with Gasteiger partial charge < -0.3 is 15.2 Å². The van der Waals surface area contributed by atoms with Crippen LogP contribution < -0.4 is 10.1 Å². The largest absolute Gasteiger partial charge is 0.489 e. The number of nitrogens with one attached hydrogen (secondary N) is 1. The van der Waals surface area contributed by atoms with E-state index in [1.54, 1.807) is 38.4 Å². The molecule has 2 rings (SSSR count). The molecule has 0 aliphatic rings. The minimum absolute atomic E-state index is 0.0978. The smallest absolute Gasteiger partial charge is 0.326 e. The van der Waals surface area contributed by atoms with Gasteiger partial charge in [0.25, 0.3) is 0 Å². The van der Waals surface area contributed by atoms with Crippen LogP contribution in [0.2, 0.25) is 0 Å². The standard InChI is InChI=1S/C19H22N2O4/c1-13(2)18(19(23)24)21-17(22)10-14-5-3-7-16(9-14)25-12-15-6-4-8-20-11-15/h3-9,11,13,18H,10,12H2,1-2H3,(H,21,22)(H,23,24). The van der Waals surface area contributed by atoms with Crippen LogP contribution in [0.3, 0.4) is 0 Å². The SMILES string of the molecule is CC(C)C(NC(=O)Cc1cccc(OCc2cccnc2)c1)C(=O)O. The number of carboxylic acid groups (broad SMARTS) is 1. The number of benzene rings is 1. The van der Waals surface area contributed by atoms with Crippen molar-refractivity contribution in [3.63, 3.8) is 0 Å². The van der Waals surface area contributed by atoms with Crippen LogP contribution in [-0.2, 0) is 22.6 Å². The van der Waals surface area contributed by atoms with E-state index in [2.05, 4.69) is 10.3 Å². The van der Waals surface area contributed by atoms with E-state index in [-0.39, 0.29) is 18.2 Å². The van der Waals surface area contributed by atoms with E-state index in [0.29, 0.717) is 12.4 Å². The van der Waals surface area contributed by atoms with Crippen LogP contribution in [-0.4, -0.2) is 28.0 Å². The van der Waals surface area contributed by atoms with Gasteiger partial charge >= 0.3 is 5.97 Å². The molecular weight excluding hydrogens is 320 g/mol. The lowest BCUT2D eigenvalue weighted by atomic mass is 10.0. The first-order valence-electron chi connectivity index (χ1n) is 8.08. The maximum atomic E-state index is 12.1. The minimum Gasteiger partial charge on any atom is -0.489 e. The number of carboxylic acids is 1. The van der Waals surface area contributed by atoms with Crippen molar-refractivity contribution in [1.29, 1.82) is 0 Å². The third-order valence-electron chi connectivity index (χ3n) is 3.64. The average Bonchev–Trinajstić information content (AvgIpc) is 2.58. The normalized spacial score (nSPS) is 11.8. The fraction of sp³-hybridized carbons (Fsp3) is 0.316. The van der Waals surface area contributed by atoms with Crippen LogP contribution in [0.1, 0.15) is 25.0 Å². The summed E-state index contributed by atoms with van der Waals surface area (Å²) in [6.07, 6.45) is 3.53. The number of pyridine rings is 1. The molecule has 6 nitrogen and oxygen atoms in total. The Bertz CT molecular complexity index is 716. The third kappa shape index (κ3) is 5.91. The number of aliphatic carboxylic acids is 1. The fourth-order valence-electron chi connectivity index (χ4n) is 2.32. The van der Waals surface area contributed by atoms with Gasteiger partial charge in [0.2, 0.25) is 5.91 Å². The fourth-order valence-corrected chi connectivity index (χ4v) is 2.32. The first-order chi connectivity index (χ1) is 12.0. The maximum Gasteiger partial charge on any atom is 0.326 e. The molecule has 2 aromatic rings. The highest BCUT2D eigenvalue weighted by Gasteiger charge is 2.23. The average molecular weight is 342 g/mol. The van der Waals surface area contributed by atoms with E-state index < -0.39 is 12.0 Å². The van der Waals surface area contributed by atoms with Crippen LogP contribution in [0, 0.1) is 5.92 Å². The van der Waals surface area contributed by atoms with Crippen LogP contribution >= 0.6 is 0 Å². The first kappa shape index (κ1) is 18.4. The lowest BCUT2D eigenvalue weighted by molar-refractivity contribution is -0.143. The highest BCUT2D eigenvalue weighted by molar-refractivity contribution is 5.85. The van der Waals surface area contributed by atoms with Crippen molar-refractivity contribution < 1.29 is 19.4 Å². The molecule has 1 atom stereocenters. The lowest BCUT2D eigenvalue weighted by Crippen LogP contribution is -2.44. The van der Waals surface area contributed by atoms with E-state index >= 15 is 0 Å². The zero-order valence-electron chi connectivity index (χ0n) is 14.3. The topological polar surface area (TPSA) is 88.5 Å². The highest BCUT2D eigenvalue weighted by atomic mass is 16.5. The van der Waals surface area contributed by atoms with Gasteiger partial charge in [0, 0.05) is 18.0 Å². The van der Waals surface area contributed by atoms with Gasteiger partial charge in [-0.05, 0) is 29.7 Å². The summed E-state index contributed by atoms with van der Waals surface area (Å²) in [7, 11) is 0. The van der Waals surface area contributed by atoms with Crippen molar-refractivity contribution in [2.45, 2.75) is 32.9 Å². The van der Waals surface area contributed by atoms with Crippen LogP contribution in [0.15, 0.2) is 48.8 Å². The van der Waals surface area contributed by atoms with Gasteiger partial charge in [-0.3, -0.25) is 9.78 Å². The van der Waals surface area contributed by atoms with E-state index in [1.807, 2.05) is 24.3 Å². The minimum atomic E-state index is -1.03. The molecule has 2 N–H and O–H groups in total. The van der Waals surface area contributed by atoms with Gasteiger partial charge in [0.15, 0.2) is 0 Å². The predicted octanol–water partition coefficient (Wildman–Crippen LogP) is 2.43. The molecule has 1 amide bonds. The maximum absolute atomic E-state index is 12.1. The van der Waals surface area contributed by atoms with Gasteiger partial charge in [-0.15, -0.1) is 0 Å². The van der Waals surface area contributed by atoms with Crippen molar-refractivity contribution in [3.05, 3.63) is 59.9 Å². The number of carbonyl (C=O) groups is 2. The Kier molecular flexibility index (Phi) is 6.51. The van der Waals surface area contributed by atoms with Crippen molar-refractivity contribution >= 4 is 11.9 Å². The first-order valence-corrected chi connectivity index (χ1v) is 8.08. The monoisotopic (exact) mass is 342 g/mol. The molecule has 6 heteroatoms. The summed E-state index contributed by atoms with van der Waals surface area (Å²) in [5.41, 5.74) is 1.71. The Balaban J connectivity index is 1.94. The Morgan fingerprint density at radius 3 is 2.60 bits per heavy atom. The Hall–Kier alpha value is -2.89. The molecule has 1 heterocycles. The molecule has 0 fully saturated rings. The van der Waals surface area contributed by atoms with Crippen LogP contribution in [0.5, 0.6) is 5.75 Å². The molecule has 0 saturated heterocycles. The molecule has 1 unspecified atom stereocenters. The summed E-state index contributed by atoms with van der Waals surface area (Å²) in [6, 6.07) is 10.1. The molecule has 0 saturated carbocycles. The number of carbonyl (C=O) groups excluding carboxylic acids is 1. The van der Waals surface area contributed by atoms with Crippen LogP contribution in [0.4, 0.5) is 0 Å². The molecule has 0 radical (unpaired) electrons.